The minimum absolute atomic E-state index is 0.0832. The number of hydrogen-bond acceptors (Lipinski definition) is 4. The summed E-state index contributed by atoms with van der Waals surface area (Å²) in [4.78, 5) is 26.7. The van der Waals surface area contributed by atoms with E-state index >= 15 is 0 Å². The Morgan fingerprint density at radius 2 is 1.73 bits per heavy atom. The van der Waals surface area contributed by atoms with Crippen molar-refractivity contribution in [2.75, 3.05) is 14.2 Å². The number of nitrogens with one attached hydrogen (secondary N) is 1. The van der Waals surface area contributed by atoms with Crippen LogP contribution in [-0.4, -0.2) is 31.1 Å². The Hall–Kier alpha value is -2.54. The molecule has 0 bridgehead atoms. The van der Waals surface area contributed by atoms with E-state index in [2.05, 4.69) is 21.2 Å². The fourth-order valence-electron chi connectivity index (χ4n) is 3.03. The van der Waals surface area contributed by atoms with Gasteiger partial charge in [-0.25, -0.2) is 4.79 Å². The summed E-state index contributed by atoms with van der Waals surface area (Å²) in [6.07, 6.45) is 0. The number of ether oxygens (including phenoxy) is 2. The molecular weight excluding hydrogens is 400 g/mol. The van der Waals surface area contributed by atoms with Gasteiger partial charge in [0.1, 0.15) is 17.0 Å². The molecule has 1 aliphatic rings. The standard InChI is InChI=1S/C19H19BrN2O4/c1-19(13-7-5-4-6-8-13)17(23)22(18(24)21-19)11-12-9-16(26-3)14(20)10-15(12)25-2/h4-10H,11H2,1-3H3,(H,21,24). The molecule has 1 unspecified atom stereocenters. The van der Waals surface area contributed by atoms with Crippen molar-refractivity contribution >= 4 is 27.9 Å². The van der Waals surface area contributed by atoms with E-state index in [0.29, 0.717) is 17.1 Å². The molecule has 26 heavy (non-hydrogen) atoms. The molecule has 0 radical (unpaired) electrons. The summed E-state index contributed by atoms with van der Waals surface area (Å²) in [5.74, 6) is 0.850. The second kappa shape index (κ2) is 6.99. The van der Waals surface area contributed by atoms with Crippen molar-refractivity contribution < 1.29 is 19.1 Å². The Balaban J connectivity index is 1.94. The van der Waals surface area contributed by atoms with Crippen molar-refractivity contribution in [1.82, 2.24) is 10.2 Å². The Labute approximate surface area is 160 Å². The van der Waals surface area contributed by atoms with Crippen molar-refractivity contribution in [2.24, 2.45) is 0 Å². The first-order chi connectivity index (χ1) is 12.4. The van der Waals surface area contributed by atoms with E-state index in [1.54, 1.807) is 26.2 Å². The van der Waals surface area contributed by atoms with Gasteiger partial charge in [-0.1, -0.05) is 30.3 Å². The number of carbonyl (C=O) groups is 2. The lowest BCUT2D eigenvalue weighted by Crippen LogP contribution is -2.40. The molecule has 1 aliphatic heterocycles. The predicted octanol–water partition coefficient (Wildman–Crippen LogP) is 3.43. The van der Waals surface area contributed by atoms with E-state index in [0.717, 1.165) is 10.0 Å². The molecule has 2 aromatic carbocycles. The summed E-state index contributed by atoms with van der Waals surface area (Å²) >= 11 is 3.40. The maximum Gasteiger partial charge on any atom is 0.325 e. The summed E-state index contributed by atoms with van der Waals surface area (Å²) in [6, 6.07) is 12.3. The van der Waals surface area contributed by atoms with Crippen molar-refractivity contribution in [3.63, 3.8) is 0 Å². The molecule has 0 aliphatic carbocycles. The molecule has 7 heteroatoms. The van der Waals surface area contributed by atoms with Gasteiger partial charge in [-0.05, 0) is 40.5 Å². The summed E-state index contributed by atoms with van der Waals surface area (Å²) in [7, 11) is 3.09. The maximum absolute atomic E-state index is 13.0. The molecule has 6 nitrogen and oxygen atoms in total. The van der Waals surface area contributed by atoms with E-state index in [4.69, 9.17) is 9.47 Å². The number of nitrogens with zero attached hydrogens (tertiary/aromatic N) is 1. The molecule has 0 spiro atoms. The Bertz CT molecular complexity index is 856. The molecule has 1 N–H and O–H groups in total. The highest BCUT2D eigenvalue weighted by atomic mass is 79.9. The van der Waals surface area contributed by atoms with Crippen molar-refractivity contribution in [1.29, 1.82) is 0 Å². The zero-order chi connectivity index (χ0) is 18.9. The van der Waals surface area contributed by atoms with Gasteiger partial charge in [-0.2, -0.15) is 0 Å². The van der Waals surface area contributed by atoms with Gasteiger partial charge >= 0.3 is 6.03 Å². The van der Waals surface area contributed by atoms with Crippen LogP contribution < -0.4 is 14.8 Å². The lowest BCUT2D eigenvalue weighted by Gasteiger charge is -2.22. The van der Waals surface area contributed by atoms with E-state index in [9.17, 15) is 9.59 Å². The first kappa shape index (κ1) is 18.3. The third-order valence-electron chi connectivity index (χ3n) is 4.51. The van der Waals surface area contributed by atoms with Crippen LogP contribution in [0.4, 0.5) is 4.79 Å². The van der Waals surface area contributed by atoms with E-state index < -0.39 is 11.6 Å². The monoisotopic (exact) mass is 418 g/mol. The van der Waals surface area contributed by atoms with Crippen LogP contribution in [0.15, 0.2) is 46.9 Å². The van der Waals surface area contributed by atoms with Crippen LogP contribution >= 0.6 is 15.9 Å². The number of carbonyl (C=O) groups excluding carboxylic acids is 2. The smallest absolute Gasteiger partial charge is 0.325 e. The lowest BCUT2D eigenvalue weighted by molar-refractivity contribution is -0.131. The van der Waals surface area contributed by atoms with Gasteiger partial charge in [0.15, 0.2) is 0 Å². The first-order valence-electron chi connectivity index (χ1n) is 8.00. The quantitative estimate of drug-likeness (QED) is 0.755. The van der Waals surface area contributed by atoms with Crippen molar-refractivity contribution in [3.8, 4) is 11.5 Å². The number of halogens is 1. The molecule has 136 valence electrons. The minimum atomic E-state index is -1.09. The molecule has 1 atom stereocenters. The van der Waals surface area contributed by atoms with Gasteiger partial charge in [0.2, 0.25) is 0 Å². The van der Waals surface area contributed by atoms with E-state index in [-0.39, 0.29) is 12.5 Å². The number of imide groups is 1. The highest BCUT2D eigenvalue weighted by molar-refractivity contribution is 9.10. The topological polar surface area (TPSA) is 67.9 Å². The zero-order valence-corrected chi connectivity index (χ0v) is 16.3. The molecule has 3 rings (SSSR count). The van der Waals surface area contributed by atoms with Crippen LogP contribution in [0, 0.1) is 0 Å². The number of urea groups is 1. The summed E-state index contributed by atoms with van der Waals surface area (Å²) in [6.45, 7) is 1.79. The van der Waals surface area contributed by atoms with E-state index in [1.165, 1.54) is 12.0 Å². The van der Waals surface area contributed by atoms with Gasteiger partial charge in [0, 0.05) is 5.56 Å². The SMILES string of the molecule is COc1cc(CN2C(=O)NC(C)(c3ccccc3)C2=O)c(OC)cc1Br. The van der Waals surface area contributed by atoms with Crippen LogP contribution in [0.2, 0.25) is 0 Å². The molecular formula is C19H19BrN2O4. The average molecular weight is 419 g/mol. The molecule has 0 saturated carbocycles. The largest absolute Gasteiger partial charge is 0.496 e. The van der Waals surface area contributed by atoms with Crippen molar-refractivity contribution in [3.05, 3.63) is 58.1 Å². The van der Waals surface area contributed by atoms with Crippen LogP contribution in [0.1, 0.15) is 18.1 Å². The fraction of sp³-hybridized carbons (Fsp3) is 0.263. The zero-order valence-electron chi connectivity index (χ0n) is 14.7. The fourth-order valence-corrected chi connectivity index (χ4v) is 3.51. The molecule has 1 saturated heterocycles. The highest BCUT2D eigenvalue weighted by Gasteiger charge is 2.49. The second-order valence-electron chi connectivity index (χ2n) is 6.11. The highest BCUT2D eigenvalue weighted by Crippen LogP contribution is 2.35. The third kappa shape index (κ3) is 3.03. The molecule has 1 fully saturated rings. The van der Waals surface area contributed by atoms with E-state index in [1.807, 2.05) is 30.3 Å². The molecule has 3 amide bonds. The van der Waals surface area contributed by atoms with Gasteiger partial charge in [0.05, 0.1) is 25.2 Å². The average Bonchev–Trinajstić information content (AvgIpc) is 2.87. The number of hydrogen-bond donors (Lipinski definition) is 1. The molecule has 2 aromatic rings. The predicted molar refractivity (Wildman–Crippen MR) is 100 cm³/mol. The summed E-state index contributed by atoms with van der Waals surface area (Å²) in [5.41, 5.74) is 0.319. The number of methoxy groups -OCH3 is 2. The first-order valence-corrected chi connectivity index (χ1v) is 8.80. The minimum Gasteiger partial charge on any atom is -0.496 e. The number of benzene rings is 2. The van der Waals surface area contributed by atoms with Crippen LogP contribution in [0.3, 0.4) is 0 Å². The summed E-state index contributed by atoms with van der Waals surface area (Å²) < 4.78 is 11.4. The lowest BCUT2D eigenvalue weighted by atomic mass is 9.92. The molecule has 1 heterocycles. The maximum atomic E-state index is 13.0. The van der Waals surface area contributed by atoms with Crippen LogP contribution in [0.5, 0.6) is 11.5 Å². The second-order valence-corrected chi connectivity index (χ2v) is 6.97. The third-order valence-corrected chi connectivity index (χ3v) is 5.13. The molecule has 0 aromatic heterocycles. The van der Waals surface area contributed by atoms with Crippen molar-refractivity contribution in [2.45, 2.75) is 19.0 Å². The Kier molecular flexibility index (Phi) is 4.91. The number of rotatable bonds is 5. The van der Waals surface area contributed by atoms with Gasteiger partial charge in [-0.15, -0.1) is 0 Å². The summed E-state index contributed by atoms with van der Waals surface area (Å²) in [5, 5.41) is 2.80. The Morgan fingerprint density at radius 3 is 2.35 bits per heavy atom. The van der Waals surface area contributed by atoms with Gasteiger partial charge in [-0.3, -0.25) is 9.69 Å². The van der Waals surface area contributed by atoms with Gasteiger partial charge in [0.25, 0.3) is 5.91 Å². The van der Waals surface area contributed by atoms with Crippen LogP contribution in [0.25, 0.3) is 0 Å². The number of amides is 3. The Morgan fingerprint density at radius 1 is 1.08 bits per heavy atom. The normalized spacial score (nSPS) is 19.5. The van der Waals surface area contributed by atoms with Gasteiger partial charge < -0.3 is 14.8 Å². The van der Waals surface area contributed by atoms with Crippen LogP contribution in [-0.2, 0) is 16.9 Å².